The number of aromatic nitrogens is 4. The largest absolute Gasteiger partial charge is 0.450 e. The van der Waals surface area contributed by atoms with Crippen LogP contribution in [0.25, 0.3) is 5.78 Å². The third-order valence-corrected chi connectivity index (χ3v) is 5.62. The third kappa shape index (κ3) is 3.69. The first kappa shape index (κ1) is 18.7. The van der Waals surface area contributed by atoms with Gasteiger partial charge in [0, 0.05) is 5.69 Å². The number of aryl methyl sites for hydroxylation is 2. The van der Waals surface area contributed by atoms with E-state index < -0.39 is 15.6 Å². The van der Waals surface area contributed by atoms with Gasteiger partial charge >= 0.3 is 5.56 Å². The maximum Gasteiger partial charge on any atom is 0.317 e. The summed E-state index contributed by atoms with van der Waals surface area (Å²) in [5.74, 6) is 0.671. The van der Waals surface area contributed by atoms with Gasteiger partial charge in [-0.25, -0.2) is 18.4 Å². The first-order valence-corrected chi connectivity index (χ1v) is 10.1. The number of nitrogens with one attached hydrogen (secondary N) is 2. The van der Waals surface area contributed by atoms with Gasteiger partial charge in [-0.05, 0) is 50.2 Å². The zero-order valence-corrected chi connectivity index (χ0v) is 16.4. The number of hydrogen-bond donors (Lipinski definition) is 2. The molecule has 0 unspecified atom stereocenters. The summed E-state index contributed by atoms with van der Waals surface area (Å²) >= 11 is 0. The van der Waals surface area contributed by atoms with Crippen LogP contribution in [-0.2, 0) is 10.0 Å². The van der Waals surface area contributed by atoms with E-state index in [1.807, 2.05) is 6.92 Å². The van der Waals surface area contributed by atoms with Crippen LogP contribution in [0.2, 0.25) is 0 Å². The van der Waals surface area contributed by atoms with Gasteiger partial charge in [-0.1, -0.05) is 17.7 Å². The fraction of sp³-hybridized carbons (Fsp3) is 0.105. The van der Waals surface area contributed by atoms with Gasteiger partial charge < -0.3 is 4.74 Å². The van der Waals surface area contributed by atoms with Crippen LogP contribution in [0, 0.1) is 13.8 Å². The summed E-state index contributed by atoms with van der Waals surface area (Å²) in [7, 11) is -3.70. The standard InChI is InChI=1S/C19H17N5O4S/c1-12-3-9-16(10-4-12)29(26,27)23-14-5-7-15(8-6-14)28-17-13(2)22-19-20-11-21-24(19)18(17)25/h3-11,23H,1-2H3,(H,20,21,22). The van der Waals surface area contributed by atoms with Crippen molar-refractivity contribution in [3.63, 3.8) is 0 Å². The summed E-state index contributed by atoms with van der Waals surface area (Å²) in [6.45, 7) is 3.53. The van der Waals surface area contributed by atoms with Gasteiger partial charge in [-0.2, -0.15) is 4.52 Å². The molecule has 0 fully saturated rings. The van der Waals surface area contributed by atoms with E-state index >= 15 is 0 Å². The van der Waals surface area contributed by atoms with Crippen LogP contribution in [0.15, 0.2) is 64.5 Å². The van der Waals surface area contributed by atoms with Crippen molar-refractivity contribution in [1.29, 1.82) is 0 Å². The number of nitrogens with zero attached hydrogens (tertiary/aromatic N) is 3. The second-order valence-corrected chi connectivity index (χ2v) is 8.08. The Morgan fingerprint density at radius 1 is 1.03 bits per heavy atom. The molecule has 0 radical (unpaired) electrons. The van der Waals surface area contributed by atoms with Crippen molar-refractivity contribution in [2.45, 2.75) is 18.7 Å². The smallest absolute Gasteiger partial charge is 0.317 e. The maximum atomic E-state index is 12.5. The highest BCUT2D eigenvalue weighted by atomic mass is 32.2. The molecule has 2 aromatic carbocycles. The number of H-pyrrole nitrogens is 1. The van der Waals surface area contributed by atoms with Crippen LogP contribution < -0.4 is 15.0 Å². The van der Waals surface area contributed by atoms with Crippen molar-refractivity contribution < 1.29 is 13.2 Å². The van der Waals surface area contributed by atoms with Crippen molar-refractivity contribution in [2.24, 2.45) is 0 Å². The zero-order chi connectivity index (χ0) is 20.6. The molecule has 4 aromatic rings. The minimum Gasteiger partial charge on any atom is -0.450 e. The first-order chi connectivity index (χ1) is 13.8. The van der Waals surface area contributed by atoms with Crippen LogP contribution in [0.3, 0.4) is 0 Å². The molecule has 0 amide bonds. The van der Waals surface area contributed by atoms with Gasteiger partial charge in [-0.15, -0.1) is 0 Å². The maximum absolute atomic E-state index is 12.5. The number of sulfonamides is 1. The van der Waals surface area contributed by atoms with Gasteiger partial charge in [0.2, 0.25) is 5.75 Å². The highest BCUT2D eigenvalue weighted by molar-refractivity contribution is 7.92. The fourth-order valence-electron chi connectivity index (χ4n) is 2.70. The molecule has 10 heteroatoms. The number of aromatic amines is 1. The Bertz CT molecular complexity index is 1340. The molecule has 0 saturated heterocycles. The second kappa shape index (κ2) is 7.06. The van der Waals surface area contributed by atoms with E-state index in [9.17, 15) is 13.2 Å². The molecule has 9 nitrogen and oxygen atoms in total. The molecular formula is C19H17N5O4S. The molecule has 2 aromatic heterocycles. The lowest BCUT2D eigenvalue weighted by Crippen LogP contribution is -2.18. The topological polar surface area (TPSA) is 118 Å². The zero-order valence-electron chi connectivity index (χ0n) is 15.6. The van der Waals surface area contributed by atoms with Crippen LogP contribution in [0.5, 0.6) is 11.5 Å². The highest BCUT2D eigenvalue weighted by Crippen LogP contribution is 2.24. The summed E-state index contributed by atoms with van der Waals surface area (Å²) in [6, 6.07) is 12.8. The quantitative estimate of drug-likeness (QED) is 0.521. The van der Waals surface area contributed by atoms with E-state index in [-0.39, 0.29) is 16.4 Å². The highest BCUT2D eigenvalue weighted by Gasteiger charge is 2.15. The average Bonchev–Trinajstić information content (AvgIpc) is 3.15. The first-order valence-electron chi connectivity index (χ1n) is 8.64. The number of anilines is 1. The van der Waals surface area contributed by atoms with Crippen LogP contribution in [-0.4, -0.2) is 28.0 Å². The van der Waals surface area contributed by atoms with E-state index in [2.05, 4.69) is 19.8 Å². The molecule has 4 rings (SSSR count). The Kier molecular flexibility index (Phi) is 4.55. The molecule has 0 aliphatic carbocycles. The monoisotopic (exact) mass is 411 g/mol. The molecule has 0 atom stereocenters. The average molecular weight is 411 g/mol. The SMILES string of the molecule is Cc1ccc(S(=O)(=O)Nc2ccc(Oc3c(C)nc4nc[nH]n4c3=O)cc2)cc1. The molecule has 0 bridgehead atoms. The Morgan fingerprint density at radius 3 is 2.41 bits per heavy atom. The third-order valence-electron chi connectivity index (χ3n) is 4.22. The Morgan fingerprint density at radius 2 is 1.72 bits per heavy atom. The molecular weight excluding hydrogens is 394 g/mol. The van der Waals surface area contributed by atoms with E-state index in [0.717, 1.165) is 5.56 Å². The van der Waals surface area contributed by atoms with Crippen molar-refractivity contribution in [1.82, 2.24) is 19.6 Å². The number of ether oxygens (including phenoxy) is 1. The van der Waals surface area contributed by atoms with Crippen LogP contribution in [0.4, 0.5) is 5.69 Å². The predicted molar refractivity (Wildman–Crippen MR) is 107 cm³/mol. The van der Waals surface area contributed by atoms with Gasteiger partial charge in [-0.3, -0.25) is 14.6 Å². The van der Waals surface area contributed by atoms with E-state index in [1.54, 1.807) is 55.5 Å². The summed E-state index contributed by atoms with van der Waals surface area (Å²) in [5.41, 5.74) is 1.31. The lowest BCUT2D eigenvalue weighted by molar-refractivity contribution is 0.464. The molecule has 2 heterocycles. The lowest BCUT2D eigenvalue weighted by Gasteiger charge is -2.10. The van der Waals surface area contributed by atoms with Gasteiger partial charge in [0.05, 0.1) is 10.6 Å². The van der Waals surface area contributed by atoms with Gasteiger partial charge in [0.15, 0.2) is 0 Å². The van der Waals surface area contributed by atoms with Crippen molar-refractivity contribution in [3.05, 3.63) is 76.5 Å². The number of hydrogen-bond acceptors (Lipinski definition) is 6. The van der Waals surface area contributed by atoms with E-state index in [4.69, 9.17) is 4.74 Å². The van der Waals surface area contributed by atoms with Crippen LogP contribution >= 0.6 is 0 Å². The lowest BCUT2D eigenvalue weighted by atomic mass is 10.2. The summed E-state index contributed by atoms with van der Waals surface area (Å²) in [5, 5.41) is 2.67. The summed E-state index contributed by atoms with van der Waals surface area (Å²) < 4.78 is 34.3. The predicted octanol–water partition coefficient (Wildman–Crippen LogP) is 2.63. The molecule has 148 valence electrons. The van der Waals surface area contributed by atoms with Crippen molar-refractivity contribution in [2.75, 3.05) is 4.72 Å². The fourth-order valence-corrected chi connectivity index (χ4v) is 3.76. The number of benzene rings is 2. The van der Waals surface area contributed by atoms with Crippen molar-refractivity contribution >= 4 is 21.5 Å². The molecule has 2 N–H and O–H groups in total. The van der Waals surface area contributed by atoms with E-state index in [0.29, 0.717) is 17.1 Å². The molecule has 0 spiro atoms. The minimum atomic E-state index is -3.70. The molecule has 0 aliphatic heterocycles. The van der Waals surface area contributed by atoms with Gasteiger partial charge in [0.1, 0.15) is 12.1 Å². The Hall–Kier alpha value is -3.66. The van der Waals surface area contributed by atoms with E-state index in [1.165, 1.54) is 10.8 Å². The van der Waals surface area contributed by atoms with Crippen LogP contribution in [0.1, 0.15) is 11.3 Å². The van der Waals surface area contributed by atoms with Crippen molar-refractivity contribution in [3.8, 4) is 11.5 Å². The summed E-state index contributed by atoms with van der Waals surface area (Å²) in [4.78, 5) is 20.8. The normalized spacial score (nSPS) is 11.5. The molecule has 0 aliphatic rings. The number of rotatable bonds is 5. The molecule has 0 saturated carbocycles. The minimum absolute atomic E-state index is 0.0553. The Balaban J connectivity index is 1.56. The summed E-state index contributed by atoms with van der Waals surface area (Å²) in [6.07, 6.45) is 1.36. The van der Waals surface area contributed by atoms with Gasteiger partial charge in [0.25, 0.3) is 15.8 Å². The Labute approximate surface area is 166 Å². The number of fused-ring (bicyclic) bond motifs is 1. The molecule has 29 heavy (non-hydrogen) atoms. The second-order valence-electron chi connectivity index (χ2n) is 6.40.